The zero-order valence-electron chi connectivity index (χ0n) is 57.5. The van der Waals surface area contributed by atoms with Crippen LogP contribution in [-0.4, -0.2) is 140 Å². The van der Waals surface area contributed by atoms with Crippen molar-refractivity contribution in [1.29, 1.82) is 0 Å². The molecule has 0 radical (unpaired) electrons. The van der Waals surface area contributed by atoms with Crippen molar-refractivity contribution in [3.63, 3.8) is 0 Å². The summed E-state index contributed by atoms with van der Waals surface area (Å²) in [5.41, 5.74) is 0. The standard InChI is InChI=1S/C75H143NO13/c1-3-5-7-9-11-13-15-17-19-21-23-24-25-26-27-28-29-30-31-32-33-34-35-36-37-38-39-40-41-43-45-47-49-51-53-55-57-59-67(80)76-63(64(79)58-56-54-52-50-48-46-44-42-22-20-18-16-14-12-10-8-6-4-2)62-86-74-72(85)70(83)73(66(61-78)88-74)89-75-71(84)69(82)68(81)65(60-77)87-75/h21,23,56,58,63-66,68-75,77-79,81-85H,3-20,22,24-55,57,59-62H2,1-2H3,(H,76,80)/b23-21-,58-56+. The van der Waals surface area contributed by atoms with Crippen molar-refractivity contribution < 1.29 is 64.6 Å². The SMILES string of the molecule is CCCCCCCCCC/C=C\CCCCCCCCCCCCCCCCCCCCCCCCCCCC(=O)NC(COC1OC(CO)C(OC2OC(CO)C(O)C(O)C2O)C(O)C1O)C(O)/C=C/CCCCCCCCCCCCCCCCCC. The van der Waals surface area contributed by atoms with Gasteiger partial charge in [-0.05, 0) is 44.9 Å². The third-order valence-corrected chi connectivity index (χ3v) is 18.9. The van der Waals surface area contributed by atoms with Crippen LogP contribution in [0, 0.1) is 0 Å². The monoisotopic (exact) mass is 1270 g/mol. The Hall–Kier alpha value is -1.53. The van der Waals surface area contributed by atoms with Crippen LogP contribution in [0.3, 0.4) is 0 Å². The van der Waals surface area contributed by atoms with Crippen molar-refractivity contribution in [2.24, 2.45) is 0 Å². The zero-order valence-corrected chi connectivity index (χ0v) is 57.5. The van der Waals surface area contributed by atoms with E-state index >= 15 is 0 Å². The largest absolute Gasteiger partial charge is 0.394 e. The molecule has 89 heavy (non-hydrogen) atoms. The van der Waals surface area contributed by atoms with Crippen LogP contribution < -0.4 is 5.32 Å². The van der Waals surface area contributed by atoms with Gasteiger partial charge in [0.15, 0.2) is 12.6 Å². The molecule has 0 aromatic heterocycles. The normalized spacial score (nSPS) is 23.1. The molecule has 0 spiro atoms. The molecule has 526 valence electrons. The molecular formula is C75H143NO13. The smallest absolute Gasteiger partial charge is 0.220 e. The molecule has 2 aliphatic rings. The summed E-state index contributed by atoms with van der Waals surface area (Å²) in [5.74, 6) is -0.231. The average molecular weight is 1270 g/mol. The fourth-order valence-electron chi connectivity index (χ4n) is 12.8. The maximum Gasteiger partial charge on any atom is 0.220 e. The molecule has 0 aliphatic carbocycles. The molecule has 9 N–H and O–H groups in total. The van der Waals surface area contributed by atoms with E-state index in [1.54, 1.807) is 6.08 Å². The minimum absolute atomic E-state index is 0.231. The van der Waals surface area contributed by atoms with Gasteiger partial charge >= 0.3 is 0 Å². The first-order valence-electron chi connectivity index (χ1n) is 38.1. The second-order valence-corrected chi connectivity index (χ2v) is 27.1. The summed E-state index contributed by atoms with van der Waals surface area (Å²) in [6, 6.07) is -0.912. The number of ether oxygens (including phenoxy) is 4. The Balaban J connectivity index is 1.58. The van der Waals surface area contributed by atoms with Crippen molar-refractivity contribution in [3.05, 3.63) is 24.3 Å². The first-order valence-corrected chi connectivity index (χ1v) is 38.1. The molecule has 14 heteroatoms. The highest BCUT2D eigenvalue weighted by Crippen LogP contribution is 2.30. The van der Waals surface area contributed by atoms with E-state index in [0.717, 1.165) is 38.5 Å². The summed E-state index contributed by atoms with van der Waals surface area (Å²) >= 11 is 0. The number of carbonyl (C=O) groups is 1. The van der Waals surface area contributed by atoms with Crippen LogP contribution in [0.5, 0.6) is 0 Å². The third-order valence-electron chi connectivity index (χ3n) is 18.9. The van der Waals surface area contributed by atoms with Gasteiger partial charge in [-0.3, -0.25) is 4.79 Å². The fraction of sp³-hybridized carbons (Fsp3) is 0.933. The third kappa shape index (κ3) is 44.0. The van der Waals surface area contributed by atoms with Gasteiger partial charge in [-0.25, -0.2) is 0 Å². The number of allylic oxidation sites excluding steroid dienone is 3. The van der Waals surface area contributed by atoms with Crippen LogP contribution in [-0.2, 0) is 23.7 Å². The lowest BCUT2D eigenvalue weighted by atomic mass is 9.97. The number of aliphatic hydroxyl groups excluding tert-OH is 8. The molecule has 2 heterocycles. The van der Waals surface area contributed by atoms with Crippen LogP contribution in [0.1, 0.15) is 354 Å². The highest BCUT2D eigenvalue weighted by molar-refractivity contribution is 5.76. The lowest BCUT2D eigenvalue weighted by molar-refractivity contribution is -0.359. The van der Waals surface area contributed by atoms with Crippen molar-refractivity contribution in [1.82, 2.24) is 5.32 Å². The number of hydrogen-bond acceptors (Lipinski definition) is 13. The number of nitrogens with one attached hydrogen (secondary N) is 1. The van der Waals surface area contributed by atoms with Crippen LogP contribution in [0.4, 0.5) is 0 Å². The molecule has 1 amide bonds. The molecule has 0 saturated carbocycles. The summed E-state index contributed by atoms with van der Waals surface area (Å²) < 4.78 is 22.9. The van der Waals surface area contributed by atoms with Gasteiger partial charge in [0.2, 0.25) is 5.91 Å². The van der Waals surface area contributed by atoms with E-state index in [2.05, 4.69) is 31.3 Å². The second kappa shape index (κ2) is 60.2. The van der Waals surface area contributed by atoms with Crippen LogP contribution in [0.15, 0.2) is 24.3 Å². The van der Waals surface area contributed by atoms with Crippen molar-refractivity contribution in [2.45, 2.75) is 428 Å². The highest BCUT2D eigenvalue weighted by atomic mass is 16.7. The second-order valence-electron chi connectivity index (χ2n) is 27.1. The lowest BCUT2D eigenvalue weighted by Gasteiger charge is -2.46. The van der Waals surface area contributed by atoms with Gasteiger partial charge in [0, 0.05) is 6.42 Å². The summed E-state index contributed by atoms with van der Waals surface area (Å²) in [7, 11) is 0. The molecular weight excluding hydrogens is 1120 g/mol. The van der Waals surface area contributed by atoms with E-state index in [0.29, 0.717) is 6.42 Å². The molecule has 2 saturated heterocycles. The Kier molecular flexibility index (Phi) is 56.5. The number of rotatable bonds is 64. The van der Waals surface area contributed by atoms with Gasteiger partial charge in [-0.15, -0.1) is 0 Å². The molecule has 2 fully saturated rings. The Labute approximate surface area is 545 Å². The zero-order chi connectivity index (χ0) is 64.5. The van der Waals surface area contributed by atoms with Gasteiger partial charge in [0.1, 0.15) is 48.8 Å². The van der Waals surface area contributed by atoms with Crippen LogP contribution in [0.25, 0.3) is 0 Å². The minimum Gasteiger partial charge on any atom is -0.394 e. The molecule has 12 atom stereocenters. The quantitative estimate of drug-likeness (QED) is 0.0204. The van der Waals surface area contributed by atoms with E-state index in [1.807, 2.05) is 6.08 Å². The first-order chi connectivity index (χ1) is 43.6. The Morgan fingerprint density at radius 1 is 0.393 bits per heavy atom. The molecule has 0 aromatic carbocycles. The maximum absolute atomic E-state index is 13.3. The van der Waals surface area contributed by atoms with Crippen molar-refractivity contribution in [3.8, 4) is 0 Å². The Morgan fingerprint density at radius 3 is 1.07 bits per heavy atom. The van der Waals surface area contributed by atoms with Gasteiger partial charge in [-0.2, -0.15) is 0 Å². The molecule has 14 nitrogen and oxygen atoms in total. The molecule has 2 rings (SSSR count). The topological polar surface area (TPSA) is 228 Å². The van der Waals surface area contributed by atoms with Crippen molar-refractivity contribution >= 4 is 5.91 Å². The summed E-state index contributed by atoms with van der Waals surface area (Å²) in [6.45, 7) is 2.85. The number of amides is 1. The van der Waals surface area contributed by atoms with E-state index in [1.165, 1.54) is 289 Å². The average Bonchev–Trinajstić information content (AvgIpc) is 1.44. The van der Waals surface area contributed by atoms with Crippen LogP contribution >= 0.6 is 0 Å². The number of aliphatic hydroxyl groups is 8. The van der Waals surface area contributed by atoms with E-state index in [9.17, 15) is 45.6 Å². The highest BCUT2D eigenvalue weighted by Gasteiger charge is 2.51. The predicted molar refractivity (Wildman–Crippen MR) is 365 cm³/mol. The maximum atomic E-state index is 13.3. The Morgan fingerprint density at radius 2 is 0.708 bits per heavy atom. The Bertz CT molecular complexity index is 1590. The van der Waals surface area contributed by atoms with Gasteiger partial charge in [0.25, 0.3) is 0 Å². The molecule has 12 unspecified atom stereocenters. The lowest BCUT2D eigenvalue weighted by Crippen LogP contribution is -2.65. The van der Waals surface area contributed by atoms with Gasteiger partial charge < -0.3 is 65.1 Å². The van der Waals surface area contributed by atoms with E-state index < -0.39 is 86.8 Å². The van der Waals surface area contributed by atoms with Crippen molar-refractivity contribution in [2.75, 3.05) is 19.8 Å². The molecule has 0 aromatic rings. The van der Waals surface area contributed by atoms with Gasteiger partial charge in [-0.1, -0.05) is 327 Å². The molecule has 0 bridgehead atoms. The van der Waals surface area contributed by atoms with E-state index in [-0.39, 0.29) is 18.9 Å². The van der Waals surface area contributed by atoms with Crippen LogP contribution in [0.2, 0.25) is 0 Å². The van der Waals surface area contributed by atoms with Gasteiger partial charge in [0.05, 0.1) is 32.0 Å². The summed E-state index contributed by atoms with van der Waals surface area (Å²) in [5, 5.41) is 87.5. The minimum atomic E-state index is -1.79. The predicted octanol–water partition coefficient (Wildman–Crippen LogP) is 16.3. The summed E-state index contributed by atoms with van der Waals surface area (Å²) in [6.07, 6.45) is 59.8. The summed E-state index contributed by atoms with van der Waals surface area (Å²) in [4.78, 5) is 13.3. The van der Waals surface area contributed by atoms with E-state index in [4.69, 9.17) is 18.9 Å². The number of unbranched alkanes of at least 4 members (excludes halogenated alkanes) is 49. The fourth-order valence-corrected chi connectivity index (χ4v) is 12.8. The number of hydrogen-bond donors (Lipinski definition) is 9. The first kappa shape index (κ1) is 83.6. The molecule has 2 aliphatic heterocycles. The number of carbonyl (C=O) groups excluding carboxylic acids is 1.